The number of hydrogen-bond acceptors (Lipinski definition) is 6. The number of aryl methyl sites for hydroxylation is 1. The molecule has 0 unspecified atom stereocenters. The van der Waals surface area contributed by atoms with Gasteiger partial charge in [-0.05, 0) is 49.9 Å². The van der Waals surface area contributed by atoms with Crippen molar-refractivity contribution >= 4 is 33.2 Å². The van der Waals surface area contributed by atoms with E-state index in [2.05, 4.69) is 5.32 Å². The molecule has 0 spiro atoms. The lowest BCUT2D eigenvalue weighted by atomic mass is 9.95. The van der Waals surface area contributed by atoms with Crippen molar-refractivity contribution in [1.29, 1.82) is 0 Å². The summed E-state index contributed by atoms with van der Waals surface area (Å²) < 4.78 is 28.7. The van der Waals surface area contributed by atoms with Gasteiger partial charge in [-0.2, -0.15) is 0 Å². The quantitative estimate of drug-likeness (QED) is 0.218. The molecule has 2 amide bonds. The molecule has 1 saturated carbocycles. The van der Waals surface area contributed by atoms with Gasteiger partial charge in [0.15, 0.2) is 0 Å². The first-order valence-corrected chi connectivity index (χ1v) is 16.0. The fraction of sp³-hybridized carbons (Fsp3) is 0.375. The van der Waals surface area contributed by atoms with Crippen LogP contribution in [0.4, 0.5) is 11.4 Å². The SMILES string of the molecule is CC[C@H](C(=O)NC1CCCCC1)N(Cc1ccc(C)cc1)C(=O)CN(c1cccc([N+](=O)[O-])c1)S(=O)(=O)c1ccccc1. The molecule has 0 heterocycles. The van der Waals surface area contributed by atoms with Gasteiger partial charge in [-0.1, -0.05) is 80.3 Å². The highest BCUT2D eigenvalue weighted by molar-refractivity contribution is 7.92. The van der Waals surface area contributed by atoms with Crippen LogP contribution < -0.4 is 9.62 Å². The number of rotatable bonds is 12. The summed E-state index contributed by atoms with van der Waals surface area (Å²) in [5.74, 6) is -0.875. The molecule has 43 heavy (non-hydrogen) atoms. The molecule has 3 aromatic rings. The van der Waals surface area contributed by atoms with Crippen molar-refractivity contribution in [2.75, 3.05) is 10.8 Å². The molecule has 0 aromatic heterocycles. The number of sulfonamides is 1. The van der Waals surface area contributed by atoms with Crippen LogP contribution >= 0.6 is 0 Å². The van der Waals surface area contributed by atoms with Crippen LogP contribution in [-0.2, 0) is 26.2 Å². The van der Waals surface area contributed by atoms with Crippen LogP contribution in [0.2, 0.25) is 0 Å². The lowest BCUT2D eigenvalue weighted by Crippen LogP contribution is -2.54. The van der Waals surface area contributed by atoms with Gasteiger partial charge in [-0.25, -0.2) is 8.42 Å². The highest BCUT2D eigenvalue weighted by Gasteiger charge is 2.34. The maximum Gasteiger partial charge on any atom is 0.271 e. The maximum absolute atomic E-state index is 14.2. The summed E-state index contributed by atoms with van der Waals surface area (Å²) in [6.07, 6.45) is 5.27. The van der Waals surface area contributed by atoms with Crippen molar-refractivity contribution in [3.8, 4) is 0 Å². The Morgan fingerprint density at radius 2 is 1.65 bits per heavy atom. The van der Waals surface area contributed by atoms with Crippen molar-refractivity contribution in [2.45, 2.75) is 75.9 Å². The van der Waals surface area contributed by atoms with Crippen LogP contribution in [-0.4, -0.2) is 48.7 Å². The smallest absolute Gasteiger partial charge is 0.271 e. The standard InChI is InChI=1S/C32H38N4O6S/c1-3-30(32(38)33-26-11-6-4-7-12-26)34(22-25-19-17-24(2)18-20-25)31(37)23-35(27-13-10-14-28(21-27)36(39)40)43(41,42)29-15-8-5-9-16-29/h5,8-10,13-21,26,30H,3-4,6-7,11-12,22-23H2,1-2H3,(H,33,38)/t30-/m1/s1. The van der Waals surface area contributed by atoms with Crippen molar-refractivity contribution in [3.63, 3.8) is 0 Å². The van der Waals surface area contributed by atoms with Gasteiger partial charge in [0.25, 0.3) is 15.7 Å². The Labute approximate surface area is 252 Å². The Balaban J connectivity index is 1.72. The molecule has 11 heteroatoms. The molecule has 0 aliphatic heterocycles. The predicted octanol–water partition coefficient (Wildman–Crippen LogP) is 5.35. The first-order chi connectivity index (χ1) is 20.6. The lowest BCUT2D eigenvalue weighted by Gasteiger charge is -2.34. The fourth-order valence-corrected chi connectivity index (χ4v) is 6.79. The topological polar surface area (TPSA) is 130 Å². The Morgan fingerprint density at radius 3 is 2.28 bits per heavy atom. The maximum atomic E-state index is 14.2. The molecule has 0 bridgehead atoms. The molecule has 3 aromatic carbocycles. The highest BCUT2D eigenvalue weighted by Crippen LogP contribution is 2.28. The molecule has 228 valence electrons. The number of non-ortho nitro benzene ring substituents is 1. The van der Waals surface area contributed by atoms with Gasteiger partial charge in [-0.15, -0.1) is 0 Å². The summed E-state index contributed by atoms with van der Waals surface area (Å²) in [7, 11) is -4.32. The first-order valence-electron chi connectivity index (χ1n) is 14.6. The van der Waals surface area contributed by atoms with Crippen LogP contribution in [0, 0.1) is 17.0 Å². The highest BCUT2D eigenvalue weighted by atomic mass is 32.2. The molecular weight excluding hydrogens is 568 g/mol. The summed E-state index contributed by atoms with van der Waals surface area (Å²) in [4.78, 5) is 40.1. The zero-order valence-electron chi connectivity index (χ0n) is 24.5. The van der Waals surface area contributed by atoms with Crippen molar-refractivity contribution < 1.29 is 22.9 Å². The van der Waals surface area contributed by atoms with E-state index in [9.17, 15) is 28.1 Å². The summed E-state index contributed by atoms with van der Waals surface area (Å²) in [5.41, 5.74) is 1.49. The second-order valence-electron chi connectivity index (χ2n) is 10.9. The Morgan fingerprint density at radius 1 is 0.977 bits per heavy atom. The molecule has 0 saturated heterocycles. The van der Waals surface area contributed by atoms with Crippen LogP contribution in [0.5, 0.6) is 0 Å². The molecule has 1 N–H and O–H groups in total. The fourth-order valence-electron chi connectivity index (χ4n) is 5.36. The number of anilines is 1. The molecule has 1 atom stereocenters. The number of nitro benzene ring substituents is 1. The Bertz CT molecular complexity index is 1520. The summed E-state index contributed by atoms with van der Waals surface area (Å²) in [6, 6.07) is 19.5. The molecule has 10 nitrogen and oxygen atoms in total. The van der Waals surface area contributed by atoms with Gasteiger partial charge < -0.3 is 10.2 Å². The minimum Gasteiger partial charge on any atom is -0.352 e. The molecule has 0 radical (unpaired) electrons. The first kappa shape index (κ1) is 31.7. The van der Waals surface area contributed by atoms with Crippen LogP contribution in [0.1, 0.15) is 56.6 Å². The lowest BCUT2D eigenvalue weighted by molar-refractivity contribution is -0.384. The van der Waals surface area contributed by atoms with Gasteiger partial charge >= 0.3 is 0 Å². The molecule has 1 aliphatic carbocycles. The van der Waals surface area contributed by atoms with Crippen LogP contribution in [0.15, 0.2) is 83.8 Å². The van der Waals surface area contributed by atoms with E-state index in [-0.39, 0.29) is 34.8 Å². The third-order valence-electron chi connectivity index (χ3n) is 7.75. The van der Waals surface area contributed by atoms with E-state index < -0.39 is 33.4 Å². The second kappa shape index (κ2) is 14.3. The van der Waals surface area contributed by atoms with Crippen LogP contribution in [0.3, 0.4) is 0 Å². The van der Waals surface area contributed by atoms with Gasteiger partial charge in [0.05, 0.1) is 15.5 Å². The zero-order valence-corrected chi connectivity index (χ0v) is 25.3. The van der Waals surface area contributed by atoms with E-state index in [1.54, 1.807) is 18.2 Å². The molecule has 1 fully saturated rings. The monoisotopic (exact) mass is 606 g/mol. The number of carbonyl (C=O) groups excluding carboxylic acids is 2. The molecular formula is C32H38N4O6S. The van der Waals surface area contributed by atoms with E-state index in [0.29, 0.717) is 6.42 Å². The molecule has 4 rings (SSSR count). The van der Waals surface area contributed by atoms with E-state index in [1.165, 1.54) is 35.2 Å². The Hall–Kier alpha value is -4.25. The van der Waals surface area contributed by atoms with E-state index in [0.717, 1.165) is 53.6 Å². The number of benzene rings is 3. The Kier molecular flexibility index (Phi) is 10.5. The normalized spacial score (nSPS) is 14.5. The largest absolute Gasteiger partial charge is 0.352 e. The van der Waals surface area contributed by atoms with Gasteiger partial charge in [0, 0.05) is 24.7 Å². The predicted molar refractivity (Wildman–Crippen MR) is 165 cm³/mol. The zero-order chi connectivity index (χ0) is 31.0. The number of hydrogen-bond donors (Lipinski definition) is 1. The number of nitrogens with one attached hydrogen (secondary N) is 1. The summed E-state index contributed by atoms with van der Waals surface area (Å²) in [5, 5.41) is 14.7. The number of nitro groups is 1. The average Bonchev–Trinajstić information content (AvgIpc) is 3.01. The van der Waals surface area contributed by atoms with E-state index >= 15 is 0 Å². The van der Waals surface area contributed by atoms with Gasteiger partial charge in [0.1, 0.15) is 12.6 Å². The summed E-state index contributed by atoms with van der Waals surface area (Å²) in [6.45, 7) is 3.20. The van der Waals surface area contributed by atoms with E-state index in [4.69, 9.17) is 0 Å². The van der Waals surface area contributed by atoms with Crippen molar-refractivity contribution in [1.82, 2.24) is 10.2 Å². The third-order valence-corrected chi connectivity index (χ3v) is 9.54. The number of carbonyl (C=O) groups is 2. The minimum absolute atomic E-state index is 0.0265. The van der Waals surface area contributed by atoms with Crippen LogP contribution in [0.25, 0.3) is 0 Å². The van der Waals surface area contributed by atoms with Gasteiger partial charge in [0.2, 0.25) is 11.8 Å². The molecule has 1 aliphatic rings. The minimum atomic E-state index is -4.32. The van der Waals surface area contributed by atoms with Crippen molar-refractivity contribution in [2.24, 2.45) is 0 Å². The van der Waals surface area contributed by atoms with E-state index in [1.807, 2.05) is 38.1 Å². The van der Waals surface area contributed by atoms with Crippen molar-refractivity contribution in [3.05, 3.63) is 100 Å². The third kappa shape index (κ3) is 7.98. The number of amides is 2. The van der Waals surface area contributed by atoms with Gasteiger partial charge in [-0.3, -0.25) is 24.0 Å². The summed E-state index contributed by atoms with van der Waals surface area (Å²) >= 11 is 0. The second-order valence-corrected chi connectivity index (χ2v) is 12.7. The average molecular weight is 607 g/mol. The number of nitrogens with zero attached hydrogens (tertiary/aromatic N) is 3.